The van der Waals surface area contributed by atoms with Gasteiger partial charge in [-0.25, -0.2) is 13.6 Å². The first kappa shape index (κ1) is 23.1. The summed E-state index contributed by atoms with van der Waals surface area (Å²) in [4.78, 5) is 15.8. The molecule has 2 heterocycles. The predicted molar refractivity (Wildman–Crippen MR) is 114 cm³/mol. The fraction of sp³-hybridized carbons (Fsp3) is 0.667. The molecule has 9 heteroatoms. The van der Waals surface area contributed by atoms with Gasteiger partial charge in [-0.3, -0.25) is 0 Å². The highest BCUT2D eigenvalue weighted by Gasteiger charge is 2.36. The molecule has 1 aromatic carbocycles. The normalized spacial score (nSPS) is 17.0. The molecule has 0 aromatic heterocycles. The van der Waals surface area contributed by atoms with Crippen LogP contribution in [0.3, 0.4) is 0 Å². The van der Waals surface area contributed by atoms with Gasteiger partial charge in [-0.15, -0.1) is 0 Å². The highest BCUT2D eigenvalue weighted by molar-refractivity contribution is 9.10. The van der Waals surface area contributed by atoms with E-state index in [2.05, 4.69) is 20.7 Å². The lowest BCUT2D eigenvalue weighted by Crippen LogP contribution is -2.44. The largest absolute Gasteiger partial charge is 0.490 e. The molecule has 6 nitrogen and oxygen atoms in total. The molecule has 0 fully saturated rings. The van der Waals surface area contributed by atoms with Crippen molar-refractivity contribution >= 4 is 27.7 Å². The molecule has 0 aliphatic carbocycles. The molecular weight excluding hydrogens is 462 g/mol. The summed E-state index contributed by atoms with van der Waals surface area (Å²) in [6.45, 7) is 6.18. The number of amides is 1. The number of hydrogen-bond acceptors (Lipinski definition) is 5. The number of halogens is 3. The van der Waals surface area contributed by atoms with Crippen LogP contribution >= 0.6 is 15.9 Å². The number of fused-ring (bicyclic) bond motifs is 2. The van der Waals surface area contributed by atoms with Crippen molar-refractivity contribution in [2.24, 2.45) is 0 Å². The molecule has 2 aliphatic heterocycles. The summed E-state index contributed by atoms with van der Waals surface area (Å²) in [5.74, 6) is -2.38. The number of benzene rings is 1. The van der Waals surface area contributed by atoms with Gasteiger partial charge < -0.3 is 24.0 Å². The Bertz CT molecular complexity index is 798. The van der Waals surface area contributed by atoms with Crippen LogP contribution in [0.4, 0.5) is 19.3 Å². The first-order valence-corrected chi connectivity index (χ1v) is 10.9. The van der Waals surface area contributed by atoms with E-state index in [4.69, 9.17) is 9.47 Å². The number of methoxy groups -OCH3 is 1. The number of anilines is 1. The topological polar surface area (TPSA) is 51.2 Å². The Kier molecular flexibility index (Phi) is 6.81. The average molecular weight is 491 g/mol. The average Bonchev–Trinajstić information content (AvgIpc) is 2.83. The van der Waals surface area contributed by atoms with Crippen LogP contribution in [0.1, 0.15) is 31.9 Å². The Labute approximate surface area is 184 Å². The lowest BCUT2D eigenvalue weighted by atomic mass is 10.00. The van der Waals surface area contributed by atoms with Gasteiger partial charge in [-0.2, -0.15) is 0 Å². The van der Waals surface area contributed by atoms with Gasteiger partial charge in [0, 0.05) is 24.7 Å². The third-order valence-corrected chi connectivity index (χ3v) is 5.90. The first-order valence-electron chi connectivity index (χ1n) is 10.1. The van der Waals surface area contributed by atoms with E-state index in [1.165, 1.54) is 7.11 Å². The quantitative estimate of drug-likeness (QED) is 0.630. The predicted octanol–water partition coefficient (Wildman–Crippen LogP) is 4.27. The fourth-order valence-electron chi connectivity index (χ4n) is 3.80. The van der Waals surface area contributed by atoms with E-state index < -0.39 is 24.7 Å². The highest BCUT2D eigenvalue weighted by Crippen LogP contribution is 2.44. The van der Waals surface area contributed by atoms with Gasteiger partial charge in [0.05, 0.1) is 18.8 Å². The summed E-state index contributed by atoms with van der Waals surface area (Å²) in [7, 11) is 1.27. The third-order valence-electron chi connectivity index (χ3n) is 5.05. The van der Waals surface area contributed by atoms with E-state index in [-0.39, 0.29) is 6.09 Å². The maximum absolute atomic E-state index is 14.2. The molecule has 0 unspecified atom stereocenters. The number of ether oxygens (including phenoxy) is 3. The van der Waals surface area contributed by atoms with Crippen molar-refractivity contribution in [3.8, 4) is 5.75 Å². The molecule has 2 aliphatic rings. The Morgan fingerprint density at radius 2 is 1.93 bits per heavy atom. The maximum Gasteiger partial charge on any atom is 0.410 e. The Balaban J connectivity index is 1.84. The van der Waals surface area contributed by atoms with E-state index in [1.807, 2.05) is 26.8 Å². The van der Waals surface area contributed by atoms with Gasteiger partial charge in [-0.1, -0.05) is 0 Å². The molecule has 0 saturated carbocycles. The number of rotatable bonds is 4. The molecular formula is C21H29BrF2N2O4. The smallest absolute Gasteiger partial charge is 0.410 e. The van der Waals surface area contributed by atoms with Crippen LogP contribution in [0.25, 0.3) is 0 Å². The van der Waals surface area contributed by atoms with E-state index >= 15 is 0 Å². The van der Waals surface area contributed by atoms with Gasteiger partial charge >= 0.3 is 6.09 Å². The standard InChI is InChI=1S/C21H29BrF2N2O4/c1-20(2,3)30-19(27)25-7-5-14-11-16-18(17(22)15(14)6-8-25)26(9-10-29-16)12-21(23,24)13-28-4/h11H,5-10,12-13H2,1-4H3. The summed E-state index contributed by atoms with van der Waals surface area (Å²) in [5, 5.41) is 0. The molecule has 0 radical (unpaired) electrons. The zero-order valence-corrected chi connectivity index (χ0v) is 19.5. The minimum atomic E-state index is -2.97. The highest BCUT2D eigenvalue weighted by atomic mass is 79.9. The number of nitrogens with zero attached hydrogens (tertiary/aromatic N) is 2. The molecule has 1 amide bonds. The fourth-order valence-corrected chi connectivity index (χ4v) is 4.70. The number of carbonyl (C=O) groups excluding carboxylic acids is 1. The molecule has 1 aromatic rings. The third kappa shape index (κ3) is 5.35. The molecule has 0 atom stereocenters. The Morgan fingerprint density at radius 3 is 2.60 bits per heavy atom. The van der Waals surface area contributed by atoms with Gasteiger partial charge in [0.2, 0.25) is 0 Å². The van der Waals surface area contributed by atoms with Crippen LogP contribution in [0.15, 0.2) is 10.5 Å². The van der Waals surface area contributed by atoms with E-state index in [1.54, 1.807) is 9.80 Å². The van der Waals surface area contributed by atoms with Crippen LogP contribution in [-0.4, -0.2) is 69.0 Å². The summed E-state index contributed by atoms with van der Waals surface area (Å²) >= 11 is 3.65. The Hall–Kier alpha value is -1.61. The lowest BCUT2D eigenvalue weighted by Gasteiger charge is -2.35. The van der Waals surface area contributed by atoms with Crippen molar-refractivity contribution < 1.29 is 27.8 Å². The number of alkyl halides is 2. The minimum absolute atomic E-state index is 0.339. The van der Waals surface area contributed by atoms with Crippen molar-refractivity contribution in [2.45, 2.75) is 45.1 Å². The second-order valence-corrected chi connectivity index (χ2v) is 9.49. The molecule has 0 N–H and O–H groups in total. The van der Waals surface area contributed by atoms with Crippen molar-refractivity contribution in [3.63, 3.8) is 0 Å². The lowest BCUT2D eigenvalue weighted by molar-refractivity contribution is -0.0574. The second kappa shape index (κ2) is 8.86. The zero-order chi connectivity index (χ0) is 22.1. The molecule has 30 heavy (non-hydrogen) atoms. The van der Waals surface area contributed by atoms with Crippen LogP contribution in [0.5, 0.6) is 5.75 Å². The van der Waals surface area contributed by atoms with Crippen LogP contribution in [0, 0.1) is 0 Å². The number of carbonyl (C=O) groups is 1. The summed E-state index contributed by atoms with van der Waals surface area (Å²) in [5.41, 5.74) is 2.15. The van der Waals surface area contributed by atoms with Crippen molar-refractivity contribution in [1.82, 2.24) is 4.90 Å². The van der Waals surface area contributed by atoms with Crippen LogP contribution in [-0.2, 0) is 22.3 Å². The first-order chi connectivity index (χ1) is 14.0. The summed E-state index contributed by atoms with van der Waals surface area (Å²) < 4.78 is 45.2. The zero-order valence-electron chi connectivity index (χ0n) is 17.9. The monoisotopic (exact) mass is 490 g/mol. The van der Waals surface area contributed by atoms with Crippen molar-refractivity contribution in [2.75, 3.05) is 51.4 Å². The van der Waals surface area contributed by atoms with Gasteiger partial charge in [0.15, 0.2) is 0 Å². The van der Waals surface area contributed by atoms with Gasteiger partial charge in [-0.05, 0) is 66.7 Å². The van der Waals surface area contributed by atoms with E-state index in [9.17, 15) is 13.6 Å². The minimum Gasteiger partial charge on any atom is -0.490 e. The van der Waals surface area contributed by atoms with Crippen molar-refractivity contribution in [3.05, 3.63) is 21.7 Å². The molecule has 0 bridgehead atoms. The molecule has 0 saturated heterocycles. The Morgan fingerprint density at radius 1 is 1.23 bits per heavy atom. The second-order valence-electron chi connectivity index (χ2n) is 8.70. The van der Waals surface area contributed by atoms with Gasteiger partial charge in [0.25, 0.3) is 5.92 Å². The molecule has 3 rings (SSSR count). The SMILES string of the molecule is COCC(F)(F)CN1CCOc2cc3c(c(Br)c21)CCN(C(=O)OC(C)(C)C)CC3. The van der Waals surface area contributed by atoms with Crippen molar-refractivity contribution in [1.29, 1.82) is 0 Å². The van der Waals surface area contributed by atoms with Crippen LogP contribution < -0.4 is 9.64 Å². The van der Waals surface area contributed by atoms with Crippen LogP contribution in [0.2, 0.25) is 0 Å². The number of hydrogen-bond donors (Lipinski definition) is 0. The molecule has 0 spiro atoms. The van der Waals surface area contributed by atoms with E-state index in [0.717, 1.165) is 15.6 Å². The van der Waals surface area contributed by atoms with E-state index in [0.29, 0.717) is 50.5 Å². The van der Waals surface area contributed by atoms with Gasteiger partial charge in [0.1, 0.15) is 24.6 Å². The summed E-state index contributed by atoms with van der Waals surface area (Å²) in [6, 6.07) is 1.93. The maximum atomic E-state index is 14.2. The molecule has 168 valence electrons. The summed E-state index contributed by atoms with van der Waals surface area (Å²) in [6.07, 6.45) is 0.905.